The molecule has 1 aromatic rings. The van der Waals surface area contributed by atoms with Gasteiger partial charge in [0.25, 0.3) is 11.8 Å². The zero-order valence-electron chi connectivity index (χ0n) is 13.1. The molecule has 1 N–H and O–H groups in total. The van der Waals surface area contributed by atoms with Gasteiger partial charge in [-0.05, 0) is 37.6 Å². The number of carbonyl (C=O) groups excluding carboxylic acids is 4. The molecule has 24 heavy (non-hydrogen) atoms. The quantitative estimate of drug-likeness (QED) is 0.802. The first-order valence-corrected chi connectivity index (χ1v) is 7.82. The van der Waals surface area contributed by atoms with Crippen molar-refractivity contribution in [1.82, 2.24) is 10.2 Å². The van der Waals surface area contributed by atoms with Crippen LogP contribution in [-0.2, 0) is 19.1 Å². The van der Waals surface area contributed by atoms with Crippen LogP contribution in [0.5, 0.6) is 0 Å². The van der Waals surface area contributed by atoms with Crippen molar-refractivity contribution >= 4 is 35.3 Å². The van der Waals surface area contributed by atoms with Gasteiger partial charge in [0.1, 0.15) is 6.04 Å². The molecule has 0 bridgehead atoms. The smallest absolute Gasteiger partial charge is 0.328 e. The highest BCUT2D eigenvalue weighted by molar-refractivity contribution is 6.30. The van der Waals surface area contributed by atoms with Crippen molar-refractivity contribution in [2.24, 2.45) is 0 Å². The fourth-order valence-electron chi connectivity index (χ4n) is 2.19. The minimum Gasteiger partial charge on any atom is -0.454 e. The van der Waals surface area contributed by atoms with Crippen LogP contribution in [0.3, 0.4) is 0 Å². The number of nitrogens with zero attached hydrogens (tertiary/aromatic N) is 1. The second-order valence-corrected chi connectivity index (χ2v) is 5.79. The average molecular weight is 353 g/mol. The summed E-state index contributed by atoms with van der Waals surface area (Å²) in [6.07, 6.45) is 0.944. The van der Waals surface area contributed by atoms with E-state index in [1.54, 1.807) is 12.1 Å². The molecule has 0 radical (unpaired) electrons. The van der Waals surface area contributed by atoms with E-state index in [-0.39, 0.29) is 5.91 Å². The van der Waals surface area contributed by atoms with Crippen LogP contribution in [-0.4, -0.2) is 47.8 Å². The molecule has 1 atom stereocenters. The van der Waals surface area contributed by atoms with Crippen molar-refractivity contribution in [1.29, 1.82) is 0 Å². The zero-order chi connectivity index (χ0) is 17.7. The largest absolute Gasteiger partial charge is 0.454 e. The fourth-order valence-corrected chi connectivity index (χ4v) is 2.31. The number of benzene rings is 1. The Morgan fingerprint density at radius 3 is 2.54 bits per heavy atom. The molecular weight excluding hydrogens is 336 g/mol. The van der Waals surface area contributed by atoms with Crippen LogP contribution >= 0.6 is 11.6 Å². The molecule has 128 valence electrons. The molecule has 8 heteroatoms. The monoisotopic (exact) mass is 352 g/mol. The number of imide groups is 1. The van der Waals surface area contributed by atoms with E-state index in [2.05, 4.69) is 5.32 Å². The number of halogens is 1. The Labute approximate surface area is 143 Å². The number of rotatable bonds is 5. The van der Waals surface area contributed by atoms with Gasteiger partial charge in [0, 0.05) is 23.6 Å². The maximum atomic E-state index is 12.0. The second kappa shape index (κ2) is 7.92. The van der Waals surface area contributed by atoms with Crippen molar-refractivity contribution in [3.05, 3.63) is 34.9 Å². The van der Waals surface area contributed by atoms with Crippen molar-refractivity contribution in [2.75, 3.05) is 13.2 Å². The topological polar surface area (TPSA) is 92.8 Å². The van der Waals surface area contributed by atoms with E-state index < -0.39 is 30.4 Å². The standard InChI is InChI=1S/C16H17ClN2O5/c1-10(18-15(22)11-4-6-12(17)7-5-11)16(23)24-9-14(21)19-8-2-3-13(19)20/h4-7,10H,2-3,8-9H2,1H3,(H,18,22)/t10-/m0/s1. The number of ether oxygens (including phenoxy) is 1. The van der Waals surface area contributed by atoms with Crippen LogP contribution in [0.1, 0.15) is 30.1 Å². The first kappa shape index (κ1) is 17.9. The Morgan fingerprint density at radius 2 is 1.96 bits per heavy atom. The van der Waals surface area contributed by atoms with E-state index >= 15 is 0 Å². The predicted octanol–water partition coefficient (Wildman–Crippen LogP) is 1.15. The first-order valence-electron chi connectivity index (χ1n) is 7.44. The highest BCUT2D eigenvalue weighted by atomic mass is 35.5. The molecule has 7 nitrogen and oxygen atoms in total. The van der Waals surface area contributed by atoms with Gasteiger partial charge in [-0.3, -0.25) is 19.3 Å². The lowest BCUT2D eigenvalue weighted by Crippen LogP contribution is -2.41. The molecule has 1 saturated heterocycles. The highest BCUT2D eigenvalue weighted by Gasteiger charge is 2.27. The Balaban J connectivity index is 1.81. The molecule has 0 aliphatic carbocycles. The number of esters is 1. The minimum atomic E-state index is -0.935. The lowest BCUT2D eigenvalue weighted by atomic mass is 10.2. The molecule has 2 rings (SSSR count). The Morgan fingerprint density at radius 1 is 1.29 bits per heavy atom. The number of nitrogens with one attached hydrogen (secondary N) is 1. The molecule has 0 unspecified atom stereocenters. The van der Waals surface area contributed by atoms with E-state index in [1.165, 1.54) is 19.1 Å². The third kappa shape index (κ3) is 4.55. The molecule has 1 aromatic carbocycles. The van der Waals surface area contributed by atoms with Gasteiger partial charge in [0.15, 0.2) is 6.61 Å². The molecule has 0 aromatic heterocycles. The van der Waals surface area contributed by atoms with Gasteiger partial charge in [-0.15, -0.1) is 0 Å². The van der Waals surface area contributed by atoms with Crippen molar-refractivity contribution < 1.29 is 23.9 Å². The van der Waals surface area contributed by atoms with Gasteiger partial charge in [0.2, 0.25) is 5.91 Å². The van der Waals surface area contributed by atoms with E-state index in [4.69, 9.17) is 16.3 Å². The van der Waals surface area contributed by atoms with Gasteiger partial charge in [0.05, 0.1) is 0 Å². The number of hydrogen-bond donors (Lipinski definition) is 1. The summed E-state index contributed by atoms with van der Waals surface area (Å²) >= 11 is 5.74. The normalized spacial score (nSPS) is 15.1. The van der Waals surface area contributed by atoms with Gasteiger partial charge in [-0.25, -0.2) is 4.79 Å². The Bertz CT molecular complexity index is 659. The van der Waals surface area contributed by atoms with Crippen LogP contribution in [0.25, 0.3) is 0 Å². The first-order chi connectivity index (χ1) is 11.4. The Hall–Kier alpha value is -2.41. The summed E-state index contributed by atoms with van der Waals surface area (Å²) in [5.74, 6) is -2.03. The van der Waals surface area contributed by atoms with Crippen molar-refractivity contribution in [3.63, 3.8) is 0 Å². The minimum absolute atomic E-state index is 0.264. The van der Waals surface area contributed by atoms with Crippen LogP contribution in [0, 0.1) is 0 Å². The van der Waals surface area contributed by atoms with Crippen LogP contribution in [0.2, 0.25) is 5.02 Å². The molecule has 0 saturated carbocycles. The number of hydrogen-bond acceptors (Lipinski definition) is 5. The van der Waals surface area contributed by atoms with Crippen LogP contribution < -0.4 is 5.32 Å². The van der Waals surface area contributed by atoms with Crippen LogP contribution in [0.15, 0.2) is 24.3 Å². The summed E-state index contributed by atoms with van der Waals surface area (Å²) in [6.45, 7) is 1.27. The summed E-state index contributed by atoms with van der Waals surface area (Å²) in [5.41, 5.74) is 0.345. The average Bonchev–Trinajstić information content (AvgIpc) is 2.98. The van der Waals surface area contributed by atoms with E-state index in [0.29, 0.717) is 30.0 Å². The van der Waals surface area contributed by atoms with E-state index in [0.717, 1.165) is 4.90 Å². The number of likely N-dealkylation sites (tertiary alicyclic amines) is 1. The summed E-state index contributed by atoms with van der Waals surface area (Å²) < 4.78 is 4.86. The lowest BCUT2D eigenvalue weighted by Gasteiger charge is -2.16. The third-order valence-corrected chi connectivity index (χ3v) is 3.77. The summed E-state index contributed by atoms with van der Waals surface area (Å²) in [5, 5.41) is 2.96. The number of amides is 3. The molecule has 1 fully saturated rings. The maximum Gasteiger partial charge on any atom is 0.328 e. The summed E-state index contributed by atoms with van der Waals surface area (Å²) in [7, 11) is 0. The SMILES string of the molecule is C[C@H](NC(=O)c1ccc(Cl)cc1)C(=O)OCC(=O)N1CCCC1=O. The molecule has 1 heterocycles. The predicted molar refractivity (Wildman–Crippen MR) is 85.3 cm³/mol. The number of carbonyl (C=O) groups is 4. The lowest BCUT2D eigenvalue weighted by molar-refractivity contribution is -0.155. The maximum absolute atomic E-state index is 12.0. The summed E-state index contributed by atoms with van der Waals surface area (Å²) in [6, 6.07) is 5.24. The fraction of sp³-hybridized carbons (Fsp3) is 0.375. The van der Waals surface area contributed by atoms with E-state index in [9.17, 15) is 19.2 Å². The molecule has 1 aliphatic rings. The van der Waals surface area contributed by atoms with Crippen LogP contribution in [0.4, 0.5) is 0 Å². The molecular formula is C16H17ClN2O5. The highest BCUT2D eigenvalue weighted by Crippen LogP contribution is 2.11. The Kier molecular flexibility index (Phi) is 5.92. The molecule has 1 aliphatic heterocycles. The molecule has 0 spiro atoms. The zero-order valence-corrected chi connectivity index (χ0v) is 13.8. The van der Waals surface area contributed by atoms with Gasteiger partial charge < -0.3 is 10.1 Å². The second-order valence-electron chi connectivity index (χ2n) is 5.35. The van der Waals surface area contributed by atoms with Crippen molar-refractivity contribution in [2.45, 2.75) is 25.8 Å². The molecule has 3 amide bonds. The van der Waals surface area contributed by atoms with Crippen molar-refractivity contribution in [3.8, 4) is 0 Å². The van der Waals surface area contributed by atoms with Gasteiger partial charge in [-0.2, -0.15) is 0 Å². The van der Waals surface area contributed by atoms with Gasteiger partial charge >= 0.3 is 5.97 Å². The summed E-state index contributed by atoms with van der Waals surface area (Å²) in [4.78, 5) is 48.1. The van der Waals surface area contributed by atoms with E-state index in [1.807, 2.05) is 0 Å². The third-order valence-electron chi connectivity index (χ3n) is 3.52. The van der Waals surface area contributed by atoms with Gasteiger partial charge in [-0.1, -0.05) is 11.6 Å².